The van der Waals surface area contributed by atoms with Crippen LogP contribution in [0.1, 0.15) is 24.4 Å². The number of carbonyl (C=O) groups excluding carboxylic acids is 1. The highest BCUT2D eigenvalue weighted by Crippen LogP contribution is 2.23. The molecular weight excluding hydrogens is 310 g/mol. The minimum Gasteiger partial charge on any atom is -0.417 e. The summed E-state index contributed by atoms with van der Waals surface area (Å²) >= 11 is 0. The van der Waals surface area contributed by atoms with Gasteiger partial charge in [-0.3, -0.25) is 4.79 Å². The fourth-order valence-electron chi connectivity index (χ4n) is 3.12. The molecule has 1 atom stereocenters. The van der Waals surface area contributed by atoms with Crippen LogP contribution in [0.2, 0.25) is 0 Å². The number of morpholine rings is 1. The number of hydrogen-bond donors (Lipinski definition) is 0. The van der Waals surface area contributed by atoms with Crippen molar-refractivity contribution in [2.45, 2.75) is 25.6 Å². The standard InChI is InChI=1S/C18H21NO5/c1-18(2)11-19(9-13(24-18)10-22-3)16(20)15-8-12-6-4-5-7-14(12)17(21)23-15/h4-8,13H,9-11H2,1-3H3/t13-/m0/s1. The van der Waals surface area contributed by atoms with Gasteiger partial charge >= 0.3 is 5.63 Å². The molecule has 0 bridgehead atoms. The van der Waals surface area contributed by atoms with E-state index in [0.717, 1.165) is 0 Å². The maximum absolute atomic E-state index is 12.8. The third-order valence-corrected chi connectivity index (χ3v) is 4.00. The Morgan fingerprint density at radius 2 is 2.12 bits per heavy atom. The molecule has 0 spiro atoms. The first kappa shape index (κ1) is 16.7. The van der Waals surface area contributed by atoms with Gasteiger partial charge in [-0.15, -0.1) is 0 Å². The van der Waals surface area contributed by atoms with Crippen LogP contribution >= 0.6 is 0 Å². The quantitative estimate of drug-likeness (QED) is 0.861. The second-order valence-corrected chi connectivity index (χ2v) is 6.63. The Morgan fingerprint density at radius 1 is 1.38 bits per heavy atom. The minimum atomic E-state index is -0.502. The number of carbonyl (C=O) groups is 1. The minimum absolute atomic E-state index is 0.0487. The van der Waals surface area contributed by atoms with E-state index in [1.807, 2.05) is 19.9 Å². The molecule has 24 heavy (non-hydrogen) atoms. The van der Waals surface area contributed by atoms with Crippen molar-refractivity contribution >= 4 is 16.7 Å². The maximum atomic E-state index is 12.8. The molecule has 0 aliphatic carbocycles. The molecule has 0 saturated carbocycles. The van der Waals surface area contributed by atoms with E-state index in [2.05, 4.69) is 0 Å². The first-order chi connectivity index (χ1) is 11.4. The summed E-state index contributed by atoms with van der Waals surface area (Å²) in [5.74, 6) is -0.261. The van der Waals surface area contributed by atoms with Gasteiger partial charge in [-0.2, -0.15) is 0 Å². The van der Waals surface area contributed by atoms with Gasteiger partial charge in [0, 0.05) is 20.2 Å². The largest absolute Gasteiger partial charge is 0.417 e. The molecule has 1 amide bonds. The number of fused-ring (bicyclic) bond motifs is 1. The molecule has 0 radical (unpaired) electrons. The lowest BCUT2D eigenvalue weighted by Gasteiger charge is -2.42. The van der Waals surface area contributed by atoms with Crippen LogP contribution in [0.3, 0.4) is 0 Å². The third-order valence-electron chi connectivity index (χ3n) is 4.00. The van der Waals surface area contributed by atoms with Gasteiger partial charge in [0.05, 0.1) is 23.7 Å². The third kappa shape index (κ3) is 3.34. The summed E-state index contributed by atoms with van der Waals surface area (Å²) in [6, 6.07) is 8.68. The Kier molecular flexibility index (Phi) is 4.43. The zero-order valence-corrected chi connectivity index (χ0v) is 14.1. The normalized spacial score (nSPS) is 20.3. The van der Waals surface area contributed by atoms with Gasteiger partial charge in [0.15, 0.2) is 5.76 Å². The Hall–Kier alpha value is -2.18. The SMILES string of the molecule is COC[C@@H]1CN(C(=O)c2cc3ccccc3c(=O)o2)CC(C)(C)O1. The monoisotopic (exact) mass is 331 g/mol. The summed E-state index contributed by atoms with van der Waals surface area (Å²) < 4.78 is 16.3. The Morgan fingerprint density at radius 3 is 2.88 bits per heavy atom. The lowest BCUT2D eigenvalue weighted by atomic mass is 10.0. The number of amides is 1. The van der Waals surface area contributed by atoms with Crippen molar-refractivity contribution in [2.24, 2.45) is 0 Å². The van der Waals surface area contributed by atoms with Crippen LogP contribution in [-0.4, -0.2) is 49.3 Å². The summed E-state index contributed by atoms with van der Waals surface area (Å²) in [4.78, 5) is 26.6. The Labute approximate surface area is 140 Å². The summed E-state index contributed by atoms with van der Waals surface area (Å²) in [5, 5.41) is 1.16. The molecule has 1 aromatic heterocycles. The lowest BCUT2D eigenvalue weighted by Crippen LogP contribution is -2.55. The van der Waals surface area contributed by atoms with Gasteiger partial charge < -0.3 is 18.8 Å². The Bertz CT molecular complexity index is 810. The summed E-state index contributed by atoms with van der Waals surface area (Å²) in [6.07, 6.45) is -0.213. The van der Waals surface area contributed by atoms with Gasteiger partial charge in [0.1, 0.15) is 0 Å². The molecule has 1 aromatic carbocycles. The molecule has 128 valence electrons. The molecule has 0 N–H and O–H groups in total. The fraction of sp³-hybridized carbons (Fsp3) is 0.444. The molecule has 6 heteroatoms. The van der Waals surface area contributed by atoms with Crippen molar-refractivity contribution in [2.75, 3.05) is 26.8 Å². The topological polar surface area (TPSA) is 69.0 Å². The van der Waals surface area contributed by atoms with E-state index in [1.165, 1.54) is 0 Å². The van der Waals surface area contributed by atoms with Crippen LogP contribution in [0.15, 0.2) is 39.5 Å². The van der Waals surface area contributed by atoms with Crippen LogP contribution in [0, 0.1) is 0 Å². The van der Waals surface area contributed by atoms with Crippen molar-refractivity contribution in [3.8, 4) is 0 Å². The Balaban J connectivity index is 1.92. The predicted octanol–water partition coefficient (Wildman–Crippen LogP) is 2.06. The van der Waals surface area contributed by atoms with Crippen molar-refractivity contribution in [1.82, 2.24) is 4.90 Å². The van der Waals surface area contributed by atoms with E-state index in [1.54, 1.807) is 36.3 Å². The first-order valence-corrected chi connectivity index (χ1v) is 7.88. The zero-order valence-electron chi connectivity index (χ0n) is 14.1. The fourth-order valence-corrected chi connectivity index (χ4v) is 3.12. The van der Waals surface area contributed by atoms with Crippen molar-refractivity contribution < 1.29 is 18.7 Å². The van der Waals surface area contributed by atoms with Gasteiger partial charge in [-0.25, -0.2) is 4.79 Å². The van der Waals surface area contributed by atoms with Crippen molar-refractivity contribution in [3.05, 3.63) is 46.5 Å². The van der Waals surface area contributed by atoms with Crippen LogP contribution in [0.5, 0.6) is 0 Å². The number of benzene rings is 1. The molecular formula is C18H21NO5. The lowest BCUT2D eigenvalue weighted by molar-refractivity contribution is -0.143. The van der Waals surface area contributed by atoms with E-state index in [4.69, 9.17) is 13.9 Å². The zero-order chi connectivity index (χ0) is 17.3. The molecule has 1 aliphatic rings. The van der Waals surface area contributed by atoms with Gasteiger partial charge in [0.2, 0.25) is 0 Å². The number of ether oxygens (including phenoxy) is 2. The first-order valence-electron chi connectivity index (χ1n) is 7.88. The van der Waals surface area contributed by atoms with E-state index in [9.17, 15) is 9.59 Å². The number of methoxy groups -OCH3 is 1. The average Bonchev–Trinajstić information content (AvgIpc) is 2.53. The van der Waals surface area contributed by atoms with Crippen LogP contribution in [0.4, 0.5) is 0 Å². The summed E-state index contributed by atoms with van der Waals surface area (Å²) in [6.45, 7) is 5.06. The highest BCUT2D eigenvalue weighted by molar-refractivity contribution is 5.95. The predicted molar refractivity (Wildman–Crippen MR) is 89.2 cm³/mol. The molecule has 2 heterocycles. The number of nitrogens with zero attached hydrogens (tertiary/aromatic N) is 1. The van der Waals surface area contributed by atoms with E-state index in [-0.39, 0.29) is 17.8 Å². The molecule has 0 unspecified atom stereocenters. The van der Waals surface area contributed by atoms with Crippen molar-refractivity contribution in [3.63, 3.8) is 0 Å². The highest BCUT2D eigenvalue weighted by atomic mass is 16.5. The molecule has 6 nitrogen and oxygen atoms in total. The van der Waals surface area contributed by atoms with Gasteiger partial charge in [-0.05, 0) is 31.4 Å². The summed E-state index contributed by atoms with van der Waals surface area (Å²) in [5.41, 5.74) is -0.994. The average molecular weight is 331 g/mol. The van der Waals surface area contributed by atoms with E-state index >= 15 is 0 Å². The number of rotatable bonds is 3. The van der Waals surface area contributed by atoms with E-state index < -0.39 is 11.2 Å². The molecule has 2 aromatic rings. The van der Waals surface area contributed by atoms with Gasteiger partial charge in [-0.1, -0.05) is 18.2 Å². The van der Waals surface area contributed by atoms with Crippen molar-refractivity contribution in [1.29, 1.82) is 0 Å². The second-order valence-electron chi connectivity index (χ2n) is 6.63. The number of hydrogen-bond acceptors (Lipinski definition) is 5. The van der Waals surface area contributed by atoms with E-state index in [0.29, 0.717) is 30.5 Å². The maximum Gasteiger partial charge on any atom is 0.344 e. The molecule has 1 aliphatic heterocycles. The second kappa shape index (κ2) is 6.37. The smallest absolute Gasteiger partial charge is 0.344 e. The molecule has 1 saturated heterocycles. The molecule has 1 fully saturated rings. The van der Waals surface area contributed by atoms with Crippen LogP contribution in [0.25, 0.3) is 10.8 Å². The molecule has 3 rings (SSSR count). The van der Waals surface area contributed by atoms with Crippen LogP contribution < -0.4 is 5.63 Å². The summed E-state index contributed by atoms with van der Waals surface area (Å²) in [7, 11) is 1.60. The van der Waals surface area contributed by atoms with Gasteiger partial charge in [0.25, 0.3) is 5.91 Å². The van der Waals surface area contributed by atoms with Crippen LogP contribution in [-0.2, 0) is 9.47 Å². The highest BCUT2D eigenvalue weighted by Gasteiger charge is 2.36.